The molecule has 1 aliphatic heterocycles. The van der Waals surface area contributed by atoms with E-state index in [0.29, 0.717) is 39.1 Å². The Morgan fingerprint density at radius 3 is 2.58 bits per heavy atom. The number of carbonyl (C=O) groups excluding carboxylic acids is 1. The molecule has 2 amide bonds. The number of nitrogens with zero attached hydrogens (tertiary/aromatic N) is 1. The first kappa shape index (κ1) is 18.7. The minimum atomic E-state index is -3.14. The molecule has 1 aliphatic rings. The van der Waals surface area contributed by atoms with Crippen LogP contribution in [-0.4, -0.2) is 51.3 Å². The van der Waals surface area contributed by atoms with Gasteiger partial charge in [0.25, 0.3) is 0 Å². The molecule has 24 heavy (non-hydrogen) atoms. The van der Waals surface area contributed by atoms with Gasteiger partial charge >= 0.3 is 6.03 Å². The predicted molar refractivity (Wildman–Crippen MR) is 92.0 cm³/mol. The topological polar surface area (TPSA) is 87.7 Å². The van der Waals surface area contributed by atoms with E-state index in [4.69, 9.17) is 4.74 Å². The lowest BCUT2D eigenvalue weighted by Gasteiger charge is -2.30. The van der Waals surface area contributed by atoms with E-state index in [-0.39, 0.29) is 12.1 Å². The first-order valence-corrected chi connectivity index (χ1v) is 9.79. The van der Waals surface area contributed by atoms with Crippen molar-refractivity contribution in [1.29, 1.82) is 0 Å². The molecule has 1 fully saturated rings. The average Bonchev–Trinajstić information content (AvgIpc) is 2.53. The molecule has 0 aliphatic carbocycles. The zero-order chi connectivity index (χ0) is 17.6. The van der Waals surface area contributed by atoms with Gasteiger partial charge in [-0.15, -0.1) is 0 Å². The van der Waals surface area contributed by atoms with Crippen molar-refractivity contribution >= 4 is 16.1 Å². The highest BCUT2D eigenvalue weighted by Gasteiger charge is 2.25. The summed E-state index contributed by atoms with van der Waals surface area (Å²) in [6.45, 7) is 1.87. The van der Waals surface area contributed by atoms with Gasteiger partial charge in [0.2, 0.25) is 10.0 Å². The van der Waals surface area contributed by atoms with Gasteiger partial charge in [-0.1, -0.05) is 24.3 Å². The highest BCUT2D eigenvalue weighted by atomic mass is 32.2. The summed E-state index contributed by atoms with van der Waals surface area (Å²) in [6, 6.07) is 7.62. The Hall–Kier alpha value is -1.64. The number of piperidine rings is 1. The molecule has 1 saturated heterocycles. The van der Waals surface area contributed by atoms with Crippen molar-refractivity contribution in [1.82, 2.24) is 14.9 Å². The van der Waals surface area contributed by atoms with Gasteiger partial charge < -0.3 is 15.4 Å². The SMILES string of the molecule is COCc1cccc(CNC(=O)NC2CCN(S(C)(=O)=O)CC2)c1. The number of amides is 2. The third-order valence-electron chi connectivity index (χ3n) is 4.01. The van der Waals surface area contributed by atoms with Crippen LogP contribution in [0.25, 0.3) is 0 Å². The zero-order valence-electron chi connectivity index (χ0n) is 14.1. The molecule has 0 bridgehead atoms. The third-order valence-corrected chi connectivity index (χ3v) is 5.32. The van der Waals surface area contributed by atoms with Crippen molar-refractivity contribution in [3.05, 3.63) is 35.4 Å². The van der Waals surface area contributed by atoms with Crippen LogP contribution in [-0.2, 0) is 27.9 Å². The number of hydrogen-bond acceptors (Lipinski definition) is 4. The van der Waals surface area contributed by atoms with Crippen LogP contribution < -0.4 is 10.6 Å². The molecule has 0 spiro atoms. The molecular formula is C16H25N3O4S. The first-order chi connectivity index (χ1) is 11.4. The van der Waals surface area contributed by atoms with Gasteiger partial charge in [-0.3, -0.25) is 0 Å². The maximum absolute atomic E-state index is 12.0. The number of urea groups is 1. The van der Waals surface area contributed by atoms with E-state index in [9.17, 15) is 13.2 Å². The third kappa shape index (κ3) is 5.77. The molecule has 1 aromatic rings. The predicted octanol–water partition coefficient (Wildman–Crippen LogP) is 1.06. The lowest BCUT2D eigenvalue weighted by Crippen LogP contribution is -2.48. The van der Waals surface area contributed by atoms with Gasteiger partial charge in [0.1, 0.15) is 0 Å². The number of benzene rings is 1. The Labute approximate surface area is 143 Å². The van der Waals surface area contributed by atoms with E-state index in [2.05, 4.69) is 10.6 Å². The molecule has 1 aromatic carbocycles. The minimum absolute atomic E-state index is 0.00262. The maximum atomic E-state index is 12.0. The molecule has 2 N–H and O–H groups in total. The molecule has 1 heterocycles. The standard InChI is InChI=1S/C16H25N3O4S/c1-23-12-14-5-3-4-13(10-14)11-17-16(20)18-15-6-8-19(9-7-15)24(2,21)22/h3-5,10,15H,6-9,11-12H2,1-2H3,(H2,17,18,20). The smallest absolute Gasteiger partial charge is 0.315 e. The Morgan fingerprint density at radius 2 is 1.96 bits per heavy atom. The highest BCUT2D eigenvalue weighted by Crippen LogP contribution is 2.13. The highest BCUT2D eigenvalue weighted by molar-refractivity contribution is 7.88. The van der Waals surface area contributed by atoms with Crippen LogP contribution in [0.15, 0.2) is 24.3 Å². The summed E-state index contributed by atoms with van der Waals surface area (Å²) < 4.78 is 29.5. The van der Waals surface area contributed by atoms with Crippen LogP contribution in [0.4, 0.5) is 4.79 Å². The maximum Gasteiger partial charge on any atom is 0.315 e. The van der Waals surface area contributed by atoms with Crippen molar-refractivity contribution in [3.8, 4) is 0 Å². The lowest BCUT2D eigenvalue weighted by molar-refractivity contribution is 0.185. The number of nitrogens with one attached hydrogen (secondary N) is 2. The van der Waals surface area contributed by atoms with E-state index >= 15 is 0 Å². The largest absolute Gasteiger partial charge is 0.380 e. The summed E-state index contributed by atoms with van der Waals surface area (Å²) in [5.41, 5.74) is 2.07. The van der Waals surface area contributed by atoms with Crippen LogP contribution in [0.1, 0.15) is 24.0 Å². The number of sulfonamides is 1. The summed E-state index contributed by atoms with van der Waals surface area (Å²) >= 11 is 0. The van der Waals surface area contributed by atoms with Crippen LogP contribution in [0.5, 0.6) is 0 Å². The summed E-state index contributed by atoms with van der Waals surface area (Å²) in [4.78, 5) is 12.0. The van der Waals surface area contributed by atoms with E-state index in [0.717, 1.165) is 11.1 Å². The fourth-order valence-corrected chi connectivity index (χ4v) is 3.62. The molecule has 8 heteroatoms. The summed E-state index contributed by atoms with van der Waals surface area (Å²) in [7, 11) is -1.49. The van der Waals surface area contributed by atoms with E-state index in [1.165, 1.54) is 10.6 Å². The number of rotatable bonds is 6. The van der Waals surface area contributed by atoms with Gasteiger partial charge in [0, 0.05) is 32.8 Å². The quantitative estimate of drug-likeness (QED) is 0.799. The van der Waals surface area contributed by atoms with E-state index < -0.39 is 10.0 Å². The molecule has 0 unspecified atom stereocenters. The molecule has 7 nitrogen and oxygen atoms in total. The number of carbonyl (C=O) groups is 1. The van der Waals surface area contributed by atoms with E-state index in [1.807, 2.05) is 24.3 Å². The summed E-state index contributed by atoms with van der Waals surface area (Å²) in [5.74, 6) is 0. The Balaban J connectivity index is 1.75. The van der Waals surface area contributed by atoms with Gasteiger partial charge in [0.05, 0.1) is 12.9 Å². The van der Waals surface area contributed by atoms with Gasteiger partial charge in [0.15, 0.2) is 0 Å². The fourth-order valence-electron chi connectivity index (χ4n) is 2.75. The second kappa shape index (κ2) is 8.46. The monoisotopic (exact) mass is 355 g/mol. The summed E-state index contributed by atoms with van der Waals surface area (Å²) in [5, 5.41) is 5.74. The normalized spacial score (nSPS) is 16.8. The molecule has 0 atom stereocenters. The number of methoxy groups -OCH3 is 1. The molecule has 134 valence electrons. The Bertz CT molecular complexity index is 655. The molecule has 0 saturated carbocycles. The van der Waals surface area contributed by atoms with Crippen LogP contribution in [0.3, 0.4) is 0 Å². The second-order valence-electron chi connectivity index (χ2n) is 6.02. The summed E-state index contributed by atoms with van der Waals surface area (Å²) in [6.07, 6.45) is 2.47. The molecular weight excluding hydrogens is 330 g/mol. The van der Waals surface area contributed by atoms with Crippen LogP contribution in [0.2, 0.25) is 0 Å². The Morgan fingerprint density at radius 1 is 1.29 bits per heavy atom. The van der Waals surface area contributed by atoms with Crippen molar-refractivity contribution in [3.63, 3.8) is 0 Å². The minimum Gasteiger partial charge on any atom is -0.380 e. The fraction of sp³-hybridized carbons (Fsp3) is 0.562. The number of hydrogen-bond donors (Lipinski definition) is 2. The van der Waals surface area contributed by atoms with Crippen molar-refractivity contribution in [2.45, 2.75) is 32.0 Å². The van der Waals surface area contributed by atoms with Crippen molar-refractivity contribution < 1.29 is 17.9 Å². The molecule has 2 rings (SSSR count). The first-order valence-electron chi connectivity index (χ1n) is 7.94. The zero-order valence-corrected chi connectivity index (χ0v) is 14.9. The molecule has 0 radical (unpaired) electrons. The second-order valence-corrected chi connectivity index (χ2v) is 8.00. The van der Waals surface area contributed by atoms with Crippen LogP contribution >= 0.6 is 0 Å². The van der Waals surface area contributed by atoms with Gasteiger partial charge in [-0.2, -0.15) is 0 Å². The Kier molecular flexibility index (Phi) is 6.59. The van der Waals surface area contributed by atoms with Crippen molar-refractivity contribution in [2.24, 2.45) is 0 Å². The van der Waals surface area contributed by atoms with E-state index in [1.54, 1.807) is 7.11 Å². The van der Waals surface area contributed by atoms with Crippen molar-refractivity contribution in [2.75, 3.05) is 26.5 Å². The average molecular weight is 355 g/mol. The molecule has 0 aromatic heterocycles. The number of ether oxygens (including phenoxy) is 1. The van der Waals surface area contributed by atoms with Gasteiger partial charge in [-0.05, 0) is 24.0 Å². The van der Waals surface area contributed by atoms with Crippen LogP contribution in [0, 0.1) is 0 Å². The van der Waals surface area contributed by atoms with Gasteiger partial charge in [-0.25, -0.2) is 17.5 Å². The lowest BCUT2D eigenvalue weighted by atomic mass is 10.1.